The molecule has 1 saturated carbocycles. The van der Waals surface area contributed by atoms with Gasteiger partial charge in [0.15, 0.2) is 0 Å². The summed E-state index contributed by atoms with van der Waals surface area (Å²) in [6, 6.07) is 5.74. The maximum atomic E-state index is 12.3. The van der Waals surface area contributed by atoms with Crippen molar-refractivity contribution in [1.29, 1.82) is 0 Å². The van der Waals surface area contributed by atoms with Crippen molar-refractivity contribution in [3.8, 4) is 11.5 Å². The molecule has 1 aromatic carbocycles. The van der Waals surface area contributed by atoms with Gasteiger partial charge in [0.05, 0.1) is 27.2 Å². The molecule has 20 heavy (non-hydrogen) atoms. The van der Waals surface area contributed by atoms with Crippen LogP contribution in [0, 0.1) is 0 Å². The van der Waals surface area contributed by atoms with Crippen LogP contribution in [-0.4, -0.2) is 49.3 Å². The molecule has 1 aliphatic carbocycles. The fraction of sp³-hybridized carbons (Fsp3) is 0.533. The van der Waals surface area contributed by atoms with Crippen LogP contribution in [0.15, 0.2) is 18.2 Å². The minimum Gasteiger partial charge on any atom is -0.497 e. The third-order valence-corrected chi connectivity index (χ3v) is 3.48. The zero-order valence-corrected chi connectivity index (χ0v) is 12.0. The standard InChI is InChI=1S/C15H21NO4/c1-19-13-6-3-11(14(10-13)20-2)9-15(18)16(7-8-17)12-4-5-12/h3,6,10,12,17H,4-5,7-9H2,1-2H3. The first-order chi connectivity index (χ1) is 9.69. The van der Waals surface area contributed by atoms with Crippen LogP contribution in [0.3, 0.4) is 0 Å². The number of hydrogen-bond acceptors (Lipinski definition) is 4. The van der Waals surface area contributed by atoms with Crippen molar-refractivity contribution in [2.45, 2.75) is 25.3 Å². The molecule has 1 N–H and O–H groups in total. The number of amides is 1. The van der Waals surface area contributed by atoms with Crippen LogP contribution >= 0.6 is 0 Å². The number of ether oxygens (including phenoxy) is 2. The number of carbonyl (C=O) groups is 1. The number of rotatable bonds is 7. The zero-order valence-electron chi connectivity index (χ0n) is 12.0. The van der Waals surface area contributed by atoms with E-state index in [0.717, 1.165) is 18.4 Å². The number of aliphatic hydroxyl groups excluding tert-OH is 1. The number of carbonyl (C=O) groups excluding carboxylic acids is 1. The van der Waals surface area contributed by atoms with Gasteiger partial charge in [0.1, 0.15) is 11.5 Å². The molecule has 0 aliphatic heterocycles. The fourth-order valence-corrected chi connectivity index (χ4v) is 2.27. The van der Waals surface area contributed by atoms with E-state index in [1.165, 1.54) is 0 Å². The summed E-state index contributed by atoms with van der Waals surface area (Å²) in [4.78, 5) is 14.1. The average molecular weight is 279 g/mol. The Morgan fingerprint density at radius 2 is 2.10 bits per heavy atom. The van der Waals surface area contributed by atoms with Crippen molar-refractivity contribution < 1.29 is 19.4 Å². The molecule has 0 heterocycles. The third-order valence-electron chi connectivity index (χ3n) is 3.48. The van der Waals surface area contributed by atoms with Crippen LogP contribution < -0.4 is 9.47 Å². The van der Waals surface area contributed by atoms with Crippen LogP contribution in [-0.2, 0) is 11.2 Å². The Labute approximate surface area is 119 Å². The molecule has 0 aromatic heterocycles. The molecule has 0 spiro atoms. The van der Waals surface area contributed by atoms with E-state index in [4.69, 9.17) is 14.6 Å². The molecule has 1 aromatic rings. The second-order valence-electron chi connectivity index (χ2n) is 4.90. The summed E-state index contributed by atoms with van der Waals surface area (Å²) in [7, 11) is 3.17. The predicted octanol–water partition coefficient (Wildman–Crippen LogP) is 1.23. The summed E-state index contributed by atoms with van der Waals surface area (Å²) in [5.41, 5.74) is 0.835. The van der Waals surface area contributed by atoms with Gasteiger partial charge in [0.25, 0.3) is 0 Å². The molecule has 1 amide bonds. The van der Waals surface area contributed by atoms with Gasteiger partial charge in [-0.2, -0.15) is 0 Å². The summed E-state index contributed by atoms with van der Waals surface area (Å²) in [6.07, 6.45) is 2.35. The van der Waals surface area contributed by atoms with Crippen LogP contribution in [0.25, 0.3) is 0 Å². The van der Waals surface area contributed by atoms with Gasteiger partial charge in [-0.05, 0) is 18.9 Å². The van der Waals surface area contributed by atoms with Gasteiger partial charge in [0.2, 0.25) is 5.91 Å². The Balaban J connectivity index is 2.09. The molecule has 110 valence electrons. The molecule has 1 fully saturated rings. The molecule has 0 saturated heterocycles. The molecular weight excluding hydrogens is 258 g/mol. The molecule has 0 unspecified atom stereocenters. The number of benzene rings is 1. The quantitative estimate of drug-likeness (QED) is 0.815. The van der Waals surface area contributed by atoms with Crippen molar-refractivity contribution in [2.75, 3.05) is 27.4 Å². The summed E-state index contributed by atoms with van der Waals surface area (Å²) < 4.78 is 10.4. The maximum Gasteiger partial charge on any atom is 0.227 e. The monoisotopic (exact) mass is 279 g/mol. The van der Waals surface area contributed by atoms with Gasteiger partial charge in [-0.3, -0.25) is 4.79 Å². The van der Waals surface area contributed by atoms with Crippen molar-refractivity contribution >= 4 is 5.91 Å². The van der Waals surface area contributed by atoms with E-state index in [9.17, 15) is 4.79 Å². The van der Waals surface area contributed by atoms with Crippen LogP contribution in [0.2, 0.25) is 0 Å². The van der Waals surface area contributed by atoms with Crippen LogP contribution in [0.1, 0.15) is 18.4 Å². The second kappa shape index (κ2) is 6.61. The lowest BCUT2D eigenvalue weighted by atomic mass is 10.1. The molecule has 5 nitrogen and oxygen atoms in total. The zero-order chi connectivity index (χ0) is 14.5. The van der Waals surface area contributed by atoms with E-state index in [-0.39, 0.29) is 18.9 Å². The first kappa shape index (κ1) is 14.7. The van der Waals surface area contributed by atoms with E-state index in [1.54, 1.807) is 25.2 Å². The van der Waals surface area contributed by atoms with E-state index in [0.29, 0.717) is 24.1 Å². The smallest absolute Gasteiger partial charge is 0.227 e. The summed E-state index contributed by atoms with van der Waals surface area (Å²) in [5.74, 6) is 1.38. The molecule has 0 atom stereocenters. The molecule has 2 rings (SSSR count). The van der Waals surface area contributed by atoms with Gasteiger partial charge >= 0.3 is 0 Å². The van der Waals surface area contributed by atoms with Gasteiger partial charge in [-0.15, -0.1) is 0 Å². The van der Waals surface area contributed by atoms with Crippen LogP contribution in [0.5, 0.6) is 11.5 Å². The molecule has 0 radical (unpaired) electrons. The number of aliphatic hydroxyl groups is 1. The van der Waals surface area contributed by atoms with Gasteiger partial charge < -0.3 is 19.5 Å². The Kier molecular flexibility index (Phi) is 4.84. The van der Waals surface area contributed by atoms with Gasteiger partial charge in [-0.1, -0.05) is 6.07 Å². The minimum atomic E-state index is 0.00197. The first-order valence-corrected chi connectivity index (χ1v) is 6.80. The topological polar surface area (TPSA) is 59.0 Å². The van der Waals surface area contributed by atoms with E-state index < -0.39 is 0 Å². The Morgan fingerprint density at radius 1 is 1.35 bits per heavy atom. The highest BCUT2D eigenvalue weighted by atomic mass is 16.5. The van der Waals surface area contributed by atoms with Crippen molar-refractivity contribution in [2.24, 2.45) is 0 Å². The van der Waals surface area contributed by atoms with E-state index in [1.807, 2.05) is 12.1 Å². The summed E-state index contributed by atoms with van der Waals surface area (Å²) in [5, 5.41) is 9.06. The Morgan fingerprint density at radius 3 is 2.65 bits per heavy atom. The average Bonchev–Trinajstić information content (AvgIpc) is 3.29. The second-order valence-corrected chi connectivity index (χ2v) is 4.90. The largest absolute Gasteiger partial charge is 0.497 e. The van der Waals surface area contributed by atoms with Gasteiger partial charge in [-0.25, -0.2) is 0 Å². The van der Waals surface area contributed by atoms with Crippen molar-refractivity contribution in [1.82, 2.24) is 4.90 Å². The third kappa shape index (κ3) is 3.42. The Hall–Kier alpha value is -1.75. The van der Waals surface area contributed by atoms with Crippen molar-refractivity contribution in [3.05, 3.63) is 23.8 Å². The normalized spacial score (nSPS) is 13.9. The Bertz CT molecular complexity index is 471. The van der Waals surface area contributed by atoms with E-state index in [2.05, 4.69) is 0 Å². The van der Waals surface area contributed by atoms with Crippen LogP contribution in [0.4, 0.5) is 0 Å². The fourth-order valence-electron chi connectivity index (χ4n) is 2.27. The summed E-state index contributed by atoms with van der Waals surface area (Å²) >= 11 is 0. The SMILES string of the molecule is COc1ccc(CC(=O)N(CCO)C2CC2)c(OC)c1. The molecule has 0 bridgehead atoms. The lowest BCUT2D eigenvalue weighted by Crippen LogP contribution is -2.36. The predicted molar refractivity (Wildman–Crippen MR) is 75.1 cm³/mol. The lowest BCUT2D eigenvalue weighted by Gasteiger charge is -2.22. The maximum absolute atomic E-state index is 12.3. The molecule has 1 aliphatic rings. The first-order valence-electron chi connectivity index (χ1n) is 6.80. The number of methoxy groups -OCH3 is 2. The highest BCUT2D eigenvalue weighted by molar-refractivity contribution is 5.80. The van der Waals surface area contributed by atoms with Crippen molar-refractivity contribution in [3.63, 3.8) is 0 Å². The number of hydrogen-bond donors (Lipinski definition) is 1. The molecule has 5 heteroatoms. The highest BCUT2D eigenvalue weighted by Crippen LogP contribution is 2.29. The molecular formula is C15H21NO4. The minimum absolute atomic E-state index is 0.00197. The van der Waals surface area contributed by atoms with E-state index >= 15 is 0 Å². The highest BCUT2D eigenvalue weighted by Gasteiger charge is 2.32. The number of nitrogens with zero attached hydrogens (tertiary/aromatic N) is 1. The lowest BCUT2D eigenvalue weighted by molar-refractivity contribution is -0.131. The van der Waals surface area contributed by atoms with Gasteiger partial charge in [0, 0.05) is 24.2 Å². The summed E-state index contributed by atoms with van der Waals surface area (Å²) in [6.45, 7) is 0.407.